The highest BCUT2D eigenvalue weighted by atomic mass is 16.5. The molecule has 0 aromatic heterocycles. The SMILES string of the molecule is CCN(C)CCNC1COc2cc(O)ccc21. The van der Waals surface area contributed by atoms with Crippen molar-refractivity contribution in [3.63, 3.8) is 0 Å². The van der Waals surface area contributed by atoms with Crippen LogP contribution in [-0.2, 0) is 0 Å². The summed E-state index contributed by atoms with van der Waals surface area (Å²) < 4.78 is 5.54. The lowest BCUT2D eigenvalue weighted by Gasteiger charge is -2.16. The van der Waals surface area contributed by atoms with Crippen molar-refractivity contribution in [2.75, 3.05) is 33.3 Å². The fourth-order valence-corrected chi connectivity index (χ4v) is 1.96. The molecule has 4 heteroatoms. The average molecular weight is 236 g/mol. The van der Waals surface area contributed by atoms with Crippen LogP contribution in [0.3, 0.4) is 0 Å². The largest absolute Gasteiger partial charge is 0.508 e. The summed E-state index contributed by atoms with van der Waals surface area (Å²) in [5.41, 5.74) is 1.14. The maximum Gasteiger partial charge on any atom is 0.127 e. The van der Waals surface area contributed by atoms with Crippen LogP contribution in [0.15, 0.2) is 18.2 Å². The van der Waals surface area contributed by atoms with Gasteiger partial charge in [0.2, 0.25) is 0 Å². The Bertz CT molecular complexity index is 382. The predicted molar refractivity (Wildman–Crippen MR) is 67.5 cm³/mol. The van der Waals surface area contributed by atoms with E-state index in [-0.39, 0.29) is 11.8 Å². The highest BCUT2D eigenvalue weighted by Gasteiger charge is 2.23. The minimum atomic E-state index is 0.246. The lowest BCUT2D eigenvalue weighted by atomic mass is 10.1. The van der Waals surface area contributed by atoms with E-state index in [1.807, 2.05) is 6.07 Å². The molecule has 0 saturated heterocycles. The van der Waals surface area contributed by atoms with E-state index in [0.717, 1.165) is 30.9 Å². The molecule has 0 spiro atoms. The highest BCUT2D eigenvalue weighted by Crippen LogP contribution is 2.34. The van der Waals surface area contributed by atoms with Crippen LogP contribution in [0.1, 0.15) is 18.5 Å². The van der Waals surface area contributed by atoms with Crippen molar-refractivity contribution in [3.05, 3.63) is 23.8 Å². The third-order valence-electron chi connectivity index (χ3n) is 3.20. The summed E-state index contributed by atoms with van der Waals surface area (Å²) in [7, 11) is 2.11. The van der Waals surface area contributed by atoms with Crippen LogP contribution in [0.2, 0.25) is 0 Å². The number of likely N-dealkylation sites (N-methyl/N-ethyl adjacent to an activating group) is 1. The first-order chi connectivity index (χ1) is 8.20. The molecule has 0 aliphatic carbocycles. The first-order valence-electron chi connectivity index (χ1n) is 6.08. The number of rotatable bonds is 5. The molecule has 4 nitrogen and oxygen atoms in total. The maximum atomic E-state index is 9.36. The van der Waals surface area contributed by atoms with Crippen LogP contribution in [0.5, 0.6) is 11.5 Å². The third kappa shape index (κ3) is 2.90. The van der Waals surface area contributed by atoms with Crippen molar-refractivity contribution in [2.45, 2.75) is 13.0 Å². The second-order valence-electron chi connectivity index (χ2n) is 4.44. The van der Waals surface area contributed by atoms with E-state index in [4.69, 9.17) is 4.74 Å². The smallest absolute Gasteiger partial charge is 0.127 e. The van der Waals surface area contributed by atoms with E-state index < -0.39 is 0 Å². The fraction of sp³-hybridized carbons (Fsp3) is 0.538. The van der Waals surface area contributed by atoms with Gasteiger partial charge in [0.05, 0.1) is 6.04 Å². The Morgan fingerprint density at radius 2 is 2.35 bits per heavy atom. The van der Waals surface area contributed by atoms with Crippen molar-refractivity contribution in [1.82, 2.24) is 10.2 Å². The Labute approximate surface area is 102 Å². The van der Waals surface area contributed by atoms with Crippen molar-refractivity contribution in [2.24, 2.45) is 0 Å². The number of hydrogen-bond acceptors (Lipinski definition) is 4. The van der Waals surface area contributed by atoms with Gasteiger partial charge in [-0.2, -0.15) is 0 Å². The number of benzene rings is 1. The minimum absolute atomic E-state index is 0.246. The zero-order chi connectivity index (χ0) is 12.3. The number of aromatic hydroxyl groups is 1. The summed E-state index contributed by atoms with van der Waals surface area (Å²) in [5.74, 6) is 1.06. The van der Waals surface area contributed by atoms with Gasteiger partial charge in [-0.3, -0.25) is 0 Å². The number of fused-ring (bicyclic) bond motifs is 1. The van der Waals surface area contributed by atoms with Gasteiger partial charge in [0.15, 0.2) is 0 Å². The van der Waals surface area contributed by atoms with Gasteiger partial charge in [-0.15, -0.1) is 0 Å². The molecule has 1 unspecified atom stereocenters. The van der Waals surface area contributed by atoms with Gasteiger partial charge in [-0.1, -0.05) is 6.92 Å². The molecule has 2 rings (SSSR count). The molecule has 1 aliphatic rings. The second-order valence-corrected chi connectivity index (χ2v) is 4.44. The Morgan fingerprint density at radius 3 is 3.12 bits per heavy atom. The number of hydrogen-bond donors (Lipinski definition) is 2. The van der Waals surface area contributed by atoms with E-state index >= 15 is 0 Å². The van der Waals surface area contributed by atoms with E-state index in [9.17, 15) is 5.11 Å². The topological polar surface area (TPSA) is 44.7 Å². The van der Waals surface area contributed by atoms with Gasteiger partial charge in [-0.05, 0) is 25.7 Å². The monoisotopic (exact) mass is 236 g/mol. The van der Waals surface area contributed by atoms with E-state index in [1.54, 1.807) is 12.1 Å². The molecular weight excluding hydrogens is 216 g/mol. The van der Waals surface area contributed by atoms with Crippen LogP contribution >= 0.6 is 0 Å². The van der Waals surface area contributed by atoms with Crippen LogP contribution in [0, 0.1) is 0 Å². The molecule has 94 valence electrons. The van der Waals surface area contributed by atoms with E-state index in [0.29, 0.717) is 6.61 Å². The van der Waals surface area contributed by atoms with Crippen molar-refractivity contribution < 1.29 is 9.84 Å². The van der Waals surface area contributed by atoms with E-state index in [2.05, 4.69) is 24.2 Å². The quantitative estimate of drug-likeness (QED) is 0.810. The molecule has 1 heterocycles. The lowest BCUT2D eigenvalue weighted by molar-refractivity contribution is 0.295. The van der Waals surface area contributed by atoms with E-state index in [1.165, 1.54) is 0 Å². The molecule has 1 atom stereocenters. The summed E-state index contributed by atoms with van der Waals surface area (Å²) >= 11 is 0. The van der Waals surface area contributed by atoms with Gasteiger partial charge in [0.25, 0.3) is 0 Å². The number of phenols is 1. The first-order valence-corrected chi connectivity index (χ1v) is 6.08. The third-order valence-corrected chi connectivity index (χ3v) is 3.20. The van der Waals surface area contributed by atoms with Crippen molar-refractivity contribution in [1.29, 1.82) is 0 Å². The molecule has 1 aromatic carbocycles. The molecule has 0 bridgehead atoms. The number of ether oxygens (including phenoxy) is 1. The Kier molecular flexibility index (Phi) is 3.86. The maximum absolute atomic E-state index is 9.36. The Hall–Kier alpha value is -1.26. The number of nitrogens with zero attached hydrogens (tertiary/aromatic N) is 1. The van der Waals surface area contributed by atoms with Crippen LogP contribution in [-0.4, -0.2) is 43.3 Å². The summed E-state index contributed by atoms with van der Waals surface area (Å²) in [6.07, 6.45) is 0. The molecule has 17 heavy (non-hydrogen) atoms. The standard InChI is InChI=1S/C13H20N2O2/c1-3-15(2)7-6-14-12-9-17-13-8-10(16)4-5-11(12)13/h4-5,8,12,14,16H,3,6-7,9H2,1-2H3. The molecule has 2 N–H and O–H groups in total. The number of nitrogens with one attached hydrogen (secondary N) is 1. The molecule has 1 aromatic rings. The summed E-state index contributed by atoms with van der Waals surface area (Å²) in [5, 5.41) is 12.8. The highest BCUT2D eigenvalue weighted by molar-refractivity contribution is 5.44. The van der Waals surface area contributed by atoms with Crippen molar-refractivity contribution >= 4 is 0 Å². The zero-order valence-corrected chi connectivity index (χ0v) is 10.4. The van der Waals surface area contributed by atoms with Crippen molar-refractivity contribution in [3.8, 4) is 11.5 Å². The van der Waals surface area contributed by atoms with Gasteiger partial charge in [-0.25, -0.2) is 0 Å². The predicted octanol–water partition coefficient (Wildman–Crippen LogP) is 1.37. The first kappa shape index (κ1) is 12.2. The summed E-state index contributed by atoms with van der Waals surface area (Å²) in [6, 6.07) is 5.56. The van der Waals surface area contributed by atoms with Crippen LogP contribution < -0.4 is 10.1 Å². The van der Waals surface area contributed by atoms with Gasteiger partial charge in [0, 0.05) is 24.7 Å². The lowest BCUT2D eigenvalue weighted by Crippen LogP contribution is -2.32. The average Bonchev–Trinajstić information content (AvgIpc) is 2.71. The summed E-state index contributed by atoms with van der Waals surface area (Å²) in [6.45, 7) is 5.83. The molecular formula is C13H20N2O2. The zero-order valence-electron chi connectivity index (χ0n) is 10.4. The molecule has 1 aliphatic heterocycles. The number of phenolic OH excluding ortho intramolecular Hbond substituents is 1. The van der Waals surface area contributed by atoms with Crippen LogP contribution in [0.4, 0.5) is 0 Å². The van der Waals surface area contributed by atoms with Gasteiger partial charge >= 0.3 is 0 Å². The molecule has 0 amide bonds. The summed E-state index contributed by atoms with van der Waals surface area (Å²) in [4.78, 5) is 2.26. The molecule has 0 fully saturated rings. The van der Waals surface area contributed by atoms with Gasteiger partial charge in [0.1, 0.15) is 18.1 Å². The second kappa shape index (κ2) is 5.38. The van der Waals surface area contributed by atoms with Gasteiger partial charge < -0.3 is 20.1 Å². The Balaban J connectivity index is 1.89. The minimum Gasteiger partial charge on any atom is -0.508 e. The van der Waals surface area contributed by atoms with Crippen LogP contribution in [0.25, 0.3) is 0 Å². The molecule has 0 saturated carbocycles. The Morgan fingerprint density at radius 1 is 1.53 bits per heavy atom. The molecule has 0 radical (unpaired) electrons. The normalized spacial score (nSPS) is 18.2. The fourth-order valence-electron chi connectivity index (χ4n) is 1.96.